The lowest BCUT2D eigenvalue weighted by atomic mass is 9.70. The number of carbonyl (C=O) groups is 4. The lowest BCUT2D eigenvalue weighted by molar-refractivity contribution is -0.243. The highest BCUT2D eigenvalue weighted by Gasteiger charge is 2.48. The summed E-state index contributed by atoms with van der Waals surface area (Å²) in [7, 11) is 0. The molecule has 0 unspecified atom stereocenters. The van der Waals surface area contributed by atoms with Crippen LogP contribution in [0.2, 0.25) is 0 Å². The maximum absolute atomic E-state index is 13.4. The molecule has 10 nitrogen and oxygen atoms in total. The van der Waals surface area contributed by atoms with Gasteiger partial charge in [0, 0.05) is 48.5 Å². The summed E-state index contributed by atoms with van der Waals surface area (Å²) in [6, 6.07) is 0. The summed E-state index contributed by atoms with van der Waals surface area (Å²) in [5.41, 5.74) is 5.22. The van der Waals surface area contributed by atoms with Crippen molar-refractivity contribution in [3.8, 4) is 11.5 Å². The second-order valence-corrected chi connectivity index (χ2v) is 10.5. The number of hydrogen-bond donors (Lipinski definition) is 3. The molecule has 0 bridgehead atoms. The molecule has 0 saturated carbocycles. The van der Waals surface area contributed by atoms with Crippen LogP contribution < -0.4 is 5.73 Å². The number of fused-ring (bicyclic) bond motifs is 2. The predicted octanol–water partition coefficient (Wildman–Crippen LogP) is 2.87. The average Bonchev–Trinajstić information content (AvgIpc) is 2.86. The predicted molar refractivity (Wildman–Crippen MR) is 133 cm³/mol. The number of rotatable bonds is 4. The van der Waals surface area contributed by atoms with Crippen molar-refractivity contribution in [1.29, 1.82) is 0 Å². The van der Waals surface area contributed by atoms with Crippen LogP contribution in [0.1, 0.15) is 90.8 Å². The summed E-state index contributed by atoms with van der Waals surface area (Å²) in [5, 5.41) is 22.8. The van der Waals surface area contributed by atoms with Crippen LogP contribution in [-0.4, -0.2) is 57.6 Å². The van der Waals surface area contributed by atoms with Gasteiger partial charge in [-0.1, -0.05) is 12.2 Å². The van der Waals surface area contributed by atoms with E-state index in [-0.39, 0.29) is 46.5 Å². The van der Waals surface area contributed by atoms with E-state index in [1.807, 2.05) is 0 Å². The Morgan fingerprint density at radius 1 is 1.11 bits per heavy atom. The van der Waals surface area contributed by atoms with Crippen LogP contribution in [0.15, 0.2) is 23.3 Å². The number of phenols is 2. The highest BCUT2D eigenvalue weighted by Crippen LogP contribution is 2.52. The van der Waals surface area contributed by atoms with Gasteiger partial charge in [-0.2, -0.15) is 0 Å². The summed E-state index contributed by atoms with van der Waals surface area (Å²) in [6.45, 7) is 4.40. The first-order chi connectivity index (χ1) is 17.9. The molecular formula is C28H31NO9. The first kappa shape index (κ1) is 26.3. The number of ether oxygens (including phenoxy) is 3. The van der Waals surface area contributed by atoms with Gasteiger partial charge in [0.15, 0.2) is 17.9 Å². The monoisotopic (exact) mass is 525 g/mol. The number of allylic oxidation sites excluding steroid dienone is 4. The molecule has 1 aromatic rings. The maximum Gasteiger partial charge on any atom is 0.302 e. The van der Waals surface area contributed by atoms with Gasteiger partial charge in [0.2, 0.25) is 0 Å². The van der Waals surface area contributed by atoms with Crippen molar-refractivity contribution in [1.82, 2.24) is 0 Å². The molecule has 0 radical (unpaired) electrons. The molecule has 1 aliphatic heterocycles. The normalized spacial score (nSPS) is 30.4. The Morgan fingerprint density at radius 2 is 1.82 bits per heavy atom. The summed E-state index contributed by atoms with van der Waals surface area (Å²) in [5.74, 6) is -2.79. The standard InChI is InChI=1S/C28H31NO9/c1-12-18(37-14(3)31)8-9-20(36-12)38-19-11-28(29,13(2)30)10-17-21(19)27(35)23-22(26(17)34)24(32)15-6-4-5-7-16(15)25(23)33/h5,7,12,18-20,34-35H,4,6,8-11,29H2,1-3H3/t12-,18-,19-,20-,28-/m0/s1. The van der Waals surface area contributed by atoms with Crippen LogP contribution in [0.25, 0.3) is 0 Å². The van der Waals surface area contributed by atoms with Crippen LogP contribution >= 0.6 is 0 Å². The smallest absolute Gasteiger partial charge is 0.302 e. The van der Waals surface area contributed by atoms with Crippen molar-refractivity contribution in [3.05, 3.63) is 45.6 Å². The van der Waals surface area contributed by atoms with E-state index in [2.05, 4.69) is 0 Å². The van der Waals surface area contributed by atoms with Gasteiger partial charge in [-0.15, -0.1) is 0 Å². The molecular weight excluding hydrogens is 494 g/mol. The van der Waals surface area contributed by atoms with Gasteiger partial charge in [-0.25, -0.2) is 0 Å². The van der Waals surface area contributed by atoms with Crippen LogP contribution in [0.4, 0.5) is 0 Å². The Morgan fingerprint density at radius 3 is 2.47 bits per heavy atom. The highest BCUT2D eigenvalue weighted by atomic mass is 16.7. The third kappa shape index (κ3) is 4.16. The van der Waals surface area contributed by atoms with E-state index in [1.165, 1.54) is 13.8 Å². The van der Waals surface area contributed by atoms with Crippen molar-refractivity contribution in [2.75, 3.05) is 0 Å². The molecule has 1 saturated heterocycles. The van der Waals surface area contributed by atoms with Gasteiger partial charge in [-0.3, -0.25) is 19.2 Å². The van der Waals surface area contributed by atoms with Gasteiger partial charge in [0.05, 0.1) is 28.9 Å². The second-order valence-electron chi connectivity index (χ2n) is 10.5. The maximum atomic E-state index is 13.4. The number of Topliss-reactive ketones (excluding diaryl/α,β-unsaturated/α-hetero) is 3. The number of ketones is 3. The lowest BCUT2D eigenvalue weighted by Crippen LogP contribution is -2.53. The molecule has 5 atom stereocenters. The van der Waals surface area contributed by atoms with Gasteiger partial charge in [0.1, 0.15) is 23.4 Å². The zero-order valence-corrected chi connectivity index (χ0v) is 21.5. The zero-order chi connectivity index (χ0) is 27.5. The topological polar surface area (TPSA) is 162 Å². The van der Waals surface area contributed by atoms with E-state index >= 15 is 0 Å². The molecule has 5 rings (SSSR count). The Hall–Kier alpha value is -3.34. The van der Waals surface area contributed by atoms with Gasteiger partial charge in [0.25, 0.3) is 0 Å². The minimum atomic E-state index is -1.45. The molecule has 38 heavy (non-hydrogen) atoms. The first-order valence-corrected chi connectivity index (χ1v) is 12.8. The minimum Gasteiger partial charge on any atom is -0.507 e. The van der Waals surface area contributed by atoms with Crippen LogP contribution in [0, 0.1) is 0 Å². The summed E-state index contributed by atoms with van der Waals surface area (Å²) < 4.78 is 17.5. The number of hydrogen-bond acceptors (Lipinski definition) is 10. The van der Waals surface area contributed by atoms with Crippen LogP contribution in [0.5, 0.6) is 11.5 Å². The second kappa shape index (κ2) is 9.44. The highest BCUT2D eigenvalue weighted by molar-refractivity contribution is 6.30. The Labute approximate surface area is 219 Å². The molecule has 4 N–H and O–H groups in total. The van der Waals surface area contributed by atoms with Gasteiger partial charge < -0.3 is 30.2 Å². The molecule has 10 heteroatoms. The zero-order valence-electron chi connectivity index (χ0n) is 21.5. The van der Waals surface area contributed by atoms with Crippen LogP contribution in [0.3, 0.4) is 0 Å². The molecule has 202 valence electrons. The summed E-state index contributed by atoms with van der Waals surface area (Å²) in [4.78, 5) is 50.8. The van der Waals surface area contributed by atoms with Crippen molar-refractivity contribution in [2.24, 2.45) is 5.73 Å². The fourth-order valence-corrected chi connectivity index (χ4v) is 5.95. The first-order valence-electron chi connectivity index (χ1n) is 12.8. The van der Waals surface area contributed by atoms with E-state index in [0.717, 1.165) is 0 Å². The van der Waals surface area contributed by atoms with E-state index in [0.29, 0.717) is 31.3 Å². The van der Waals surface area contributed by atoms with Crippen molar-refractivity contribution >= 4 is 23.3 Å². The average molecular weight is 526 g/mol. The van der Waals surface area contributed by atoms with Gasteiger partial charge in [-0.05, 0) is 33.1 Å². The molecule has 1 aromatic carbocycles. The fraction of sp³-hybridized carbons (Fsp3) is 0.500. The Balaban J connectivity index is 1.57. The molecule has 1 fully saturated rings. The fourth-order valence-electron chi connectivity index (χ4n) is 5.95. The third-order valence-corrected chi connectivity index (χ3v) is 8.01. The number of carbonyl (C=O) groups excluding carboxylic acids is 4. The van der Waals surface area contributed by atoms with Crippen molar-refractivity contribution in [2.45, 2.75) is 89.4 Å². The minimum absolute atomic E-state index is 0.0429. The number of esters is 1. The summed E-state index contributed by atoms with van der Waals surface area (Å²) in [6.07, 6.45) is 2.16. The molecule has 1 heterocycles. The number of phenolic OH excluding ortho intramolecular Hbond substituents is 2. The number of nitrogens with two attached hydrogens (primary N) is 1. The van der Waals surface area contributed by atoms with Gasteiger partial charge >= 0.3 is 5.97 Å². The van der Waals surface area contributed by atoms with E-state index in [4.69, 9.17) is 19.9 Å². The van der Waals surface area contributed by atoms with E-state index in [9.17, 15) is 29.4 Å². The van der Waals surface area contributed by atoms with Crippen molar-refractivity contribution in [3.63, 3.8) is 0 Å². The number of benzene rings is 1. The molecule has 4 aliphatic rings. The quantitative estimate of drug-likeness (QED) is 0.393. The lowest BCUT2D eigenvalue weighted by Gasteiger charge is -2.42. The molecule has 0 spiro atoms. The Bertz CT molecular complexity index is 1330. The Kier molecular flexibility index (Phi) is 6.53. The van der Waals surface area contributed by atoms with Crippen LogP contribution in [-0.2, 0) is 30.2 Å². The summed E-state index contributed by atoms with van der Waals surface area (Å²) >= 11 is 0. The largest absolute Gasteiger partial charge is 0.507 e. The third-order valence-electron chi connectivity index (χ3n) is 8.01. The molecule has 0 aromatic heterocycles. The number of aromatic hydroxyl groups is 2. The SMILES string of the molecule is CC(=O)O[C@H]1CC[C@H](O[C@H]2C[C@](N)(C(C)=O)Cc3c(O)c4c(c(O)c32)C(=O)C2=C(CCC=C2)C4=O)O[C@H]1C. The molecule has 0 amide bonds. The van der Waals surface area contributed by atoms with E-state index < -0.39 is 59.2 Å². The van der Waals surface area contributed by atoms with Crippen molar-refractivity contribution < 1.29 is 43.6 Å². The molecule has 3 aliphatic carbocycles. The van der Waals surface area contributed by atoms with E-state index in [1.54, 1.807) is 19.1 Å².